The number of nitrogens with zero attached hydrogens (tertiary/aromatic N) is 1. The predicted octanol–water partition coefficient (Wildman–Crippen LogP) is 3.59. The fourth-order valence-corrected chi connectivity index (χ4v) is 2.22. The molecule has 0 fully saturated rings. The highest BCUT2D eigenvalue weighted by Gasteiger charge is 2.16. The molecule has 0 amide bonds. The van der Waals surface area contributed by atoms with Crippen LogP contribution in [0.5, 0.6) is 0 Å². The largest absolute Gasteiger partial charge is 0.854 e. The first-order chi connectivity index (χ1) is 8.66. The molecule has 0 heterocycles. The van der Waals surface area contributed by atoms with E-state index in [1.807, 2.05) is 0 Å². The highest BCUT2D eigenvalue weighted by atomic mass is 16.2. The Morgan fingerprint density at radius 1 is 0.611 bits per heavy atom. The molecule has 2 nitrogen and oxygen atoms in total. The summed E-state index contributed by atoms with van der Waals surface area (Å²) in [7, 11) is 0. The lowest BCUT2D eigenvalue weighted by Gasteiger charge is -2.34. The second-order valence-electron chi connectivity index (χ2n) is 5.08. The minimum atomic E-state index is 0.117. The average molecular weight is 259 g/mol. The van der Waals surface area contributed by atoms with E-state index in [-0.39, 0.29) is 6.61 Å². The van der Waals surface area contributed by atoms with Gasteiger partial charge in [-0.2, -0.15) is 0 Å². The molecule has 0 saturated heterocycles. The van der Waals surface area contributed by atoms with Gasteiger partial charge in [0, 0.05) is 0 Å². The summed E-state index contributed by atoms with van der Waals surface area (Å²) in [6.07, 6.45) is 7.22. The topological polar surface area (TPSA) is 23.1 Å². The lowest BCUT2D eigenvalue weighted by molar-refractivity contribution is -0.921. The Morgan fingerprint density at radius 2 is 1.00 bits per heavy atom. The molecule has 112 valence electrons. The van der Waals surface area contributed by atoms with Crippen LogP contribution in [0.1, 0.15) is 73.1 Å². The fourth-order valence-electron chi connectivity index (χ4n) is 2.22. The summed E-state index contributed by atoms with van der Waals surface area (Å²) in [6.45, 7) is 16.5. The van der Waals surface area contributed by atoms with Gasteiger partial charge in [-0.1, -0.05) is 45.4 Å². The third kappa shape index (κ3) is 11.0. The van der Waals surface area contributed by atoms with Crippen LogP contribution in [0.25, 0.3) is 0 Å². The first-order valence-corrected chi connectivity index (χ1v) is 8.09. The third-order valence-corrected chi connectivity index (χ3v) is 4.18. The molecular weight excluding hydrogens is 222 g/mol. The van der Waals surface area contributed by atoms with Crippen molar-refractivity contribution in [3.63, 3.8) is 0 Å². The van der Waals surface area contributed by atoms with Crippen LogP contribution in [0.3, 0.4) is 0 Å². The Bertz CT molecular complexity index is 121. The summed E-state index contributed by atoms with van der Waals surface area (Å²) in [5.74, 6) is 0. The van der Waals surface area contributed by atoms with Crippen molar-refractivity contribution in [2.24, 2.45) is 0 Å². The molecule has 0 bridgehead atoms. The van der Waals surface area contributed by atoms with E-state index < -0.39 is 0 Å². The van der Waals surface area contributed by atoms with E-state index in [1.165, 1.54) is 56.3 Å². The van der Waals surface area contributed by atoms with Gasteiger partial charge in [-0.15, -0.1) is 6.61 Å². The van der Waals surface area contributed by atoms with E-state index in [2.05, 4.69) is 34.6 Å². The second kappa shape index (κ2) is 15.0. The Kier molecular flexibility index (Phi) is 16.8. The summed E-state index contributed by atoms with van der Waals surface area (Å²) in [4.78, 5) is 0. The molecule has 2 heteroatoms. The molecular formula is C16H37NO. The zero-order chi connectivity index (χ0) is 14.3. The summed E-state index contributed by atoms with van der Waals surface area (Å²) in [5.41, 5.74) is 0. The molecule has 0 aliphatic heterocycles. The minimum absolute atomic E-state index is 0.117. The standard InChI is InChI=1S/C8H20N.C8H17O/c1-5-9(6-2,7-3)8-4;1-2-3-4-5-6-7-8-9/h5-8H2,1-4H3;2-8H2,1H3/q+1;-1. The quantitative estimate of drug-likeness (QED) is 0.434. The van der Waals surface area contributed by atoms with Crippen molar-refractivity contribution in [3.05, 3.63) is 0 Å². The van der Waals surface area contributed by atoms with Crippen molar-refractivity contribution in [2.75, 3.05) is 32.8 Å². The van der Waals surface area contributed by atoms with Gasteiger partial charge in [-0.05, 0) is 27.7 Å². The highest BCUT2D eigenvalue weighted by Crippen LogP contribution is 2.03. The first kappa shape index (κ1) is 20.2. The minimum Gasteiger partial charge on any atom is -0.854 e. The van der Waals surface area contributed by atoms with Gasteiger partial charge in [-0.3, -0.25) is 0 Å². The van der Waals surface area contributed by atoms with Gasteiger partial charge in [0.05, 0.1) is 26.2 Å². The van der Waals surface area contributed by atoms with Gasteiger partial charge in [0.1, 0.15) is 0 Å². The maximum atomic E-state index is 9.96. The van der Waals surface area contributed by atoms with Crippen LogP contribution < -0.4 is 5.11 Å². The molecule has 0 unspecified atom stereocenters. The van der Waals surface area contributed by atoms with Crippen molar-refractivity contribution in [2.45, 2.75) is 73.1 Å². The summed E-state index contributed by atoms with van der Waals surface area (Å²) in [5, 5.41) is 9.96. The highest BCUT2D eigenvalue weighted by molar-refractivity contribution is 4.41. The van der Waals surface area contributed by atoms with E-state index in [0.717, 1.165) is 12.8 Å². The van der Waals surface area contributed by atoms with Crippen molar-refractivity contribution >= 4 is 0 Å². The van der Waals surface area contributed by atoms with Crippen molar-refractivity contribution in [1.82, 2.24) is 0 Å². The predicted molar refractivity (Wildman–Crippen MR) is 80.7 cm³/mol. The van der Waals surface area contributed by atoms with Gasteiger partial charge >= 0.3 is 0 Å². The van der Waals surface area contributed by atoms with Crippen LogP contribution in [-0.2, 0) is 0 Å². The average Bonchev–Trinajstić information content (AvgIpc) is 2.43. The van der Waals surface area contributed by atoms with E-state index in [9.17, 15) is 5.11 Å². The first-order valence-electron chi connectivity index (χ1n) is 8.09. The summed E-state index contributed by atoms with van der Waals surface area (Å²) >= 11 is 0. The SMILES string of the molecule is CCCCCCCC[O-].CC[N+](CC)(CC)CC. The second-order valence-corrected chi connectivity index (χ2v) is 5.08. The number of hydrogen-bond acceptors (Lipinski definition) is 1. The fraction of sp³-hybridized carbons (Fsp3) is 1.00. The molecule has 0 radical (unpaired) electrons. The van der Waals surface area contributed by atoms with Gasteiger partial charge < -0.3 is 9.59 Å². The van der Waals surface area contributed by atoms with Crippen molar-refractivity contribution in [1.29, 1.82) is 0 Å². The van der Waals surface area contributed by atoms with Gasteiger partial charge in [-0.25, -0.2) is 0 Å². The molecule has 0 aliphatic rings. The van der Waals surface area contributed by atoms with Gasteiger partial charge in [0.15, 0.2) is 0 Å². The summed E-state index contributed by atoms with van der Waals surface area (Å²) in [6, 6.07) is 0. The molecule has 0 rings (SSSR count). The number of rotatable bonds is 10. The van der Waals surface area contributed by atoms with Crippen LogP contribution >= 0.6 is 0 Å². The van der Waals surface area contributed by atoms with Crippen molar-refractivity contribution in [3.8, 4) is 0 Å². The van der Waals surface area contributed by atoms with Gasteiger partial charge in [0.2, 0.25) is 0 Å². The van der Waals surface area contributed by atoms with Crippen LogP contribution in [-0.4, -0.2) is 37.3 Å². The molecule has 0 spiro atoms. The molecule has 0 saturated carbocycles. The molecule has 0 aromatic carbocycles. The lowest BCUT2D eigenvalue weighted by atomic mass is 10.1. The Balaban J connectivity index is 0. The van der Waals surface area contributed by atoms with E-state index in [0.29, 0.717) is 0 Å². The number of unbranched alkanes of at least 4 members (excludes halogenated alkanes) is 5. The molecule has 0 aromatic heterocycles. The smallest absolute Gasteiger partial charge is 0.0757 e. The Labute approximate surface area is 116 Å². The van der Waals surface area contributed by atoms with Crippen LogP contribution in [0.4, 0.5) is 0 Å². The van der Waals surface area contributed by atoms with E-state index >= 15 is 0 Å². The van der Waals surface area contributed by atoms with Crippen molar-refractivity contribution < 1.29 is 9.59 Å². The normalized spacial score (nSPS) is 11.0. The Morgan fingerprint density at radius 3 is 1.28 bits per heavy atom. The zero-order valence-electron chi connectivity index (χ0n) is 13.6. The number of hydrogen-bond donors (Lipinski definition) is 0. The van der Waals surface area contributed by atoms with Crippen LogP contribution in [0, 0.1) is 0 Å². The zero-order valence-corrected chi connectivity index (χ0v) is 13.6. The molecule has 18 heavy (non-hydrogen) atoms. The maximum Gasteiger partial charge on any atom is 0.0757 e. The van der Waals surface area contributed by atoms with Crippen LogP contribution in [0.15, 0.2) is 0 Å². The molecule has 0 N–H and O–H groups in total. The Hall–Kier alpha value is -0.0800. The maximum absolute atomic E-state index is 9.96. The van der Waals surface area contributed by atoms with Gasteiger partial charge in [0.25, 0.3) is 0 Å². The molecule has 0 aliphatic carbocycles. The lowest BCUT2D eigenvalue weighted by Crippen LogP contribution is -2.47. The van der Waals surface area contributed by atoms with E-state index in [4.69, 9.17) is 0 Å². The van der Waals surface area contributed by atoms with Crippen LogP contribution in [0.2, 0.25) is 0 Å². The number of quaternary nitrogens is 1. The monoisotopic (exact) mass is 259 g/mol. The third-order valence-electron chi connectivity index (χ3n) is 4.18. The molecule has 0 atom stereocenters. The van der Waals surface area contributed by atoms with E-state index in [1.54, 1.807) is 0 Å². The molecule has 0 aromatic rings. The summed E-state index contributed by atoms with van der Waals surface area (Å²) < 4.78 is 1.28.